The van der Waals surface area contributed by atoms with Gasteiger partial charge in [0.15, 0.2) is 0 Å². The van der Waals surface area contributed by atoms with Gasteiger partial charge < -0.3 is 10.2 Å². The number of benzene rings is 1. The maximum atomic E-state index is 12.8. The molecule has 0 radical (unpaired) electrons. The highest BCUT2D eigenvalue weighted by atomic mass is 16.2. The molecule has 1 aromatic carbocycles. The van der Waals surface area contributed by atoms with Gasteiger partial charge in [0.2, 0.25) is 11.9 Å². The number of carbonyl (C=O) groups is 1. The standard InChI is InChI=1S/C23H31N5O/c1-3-24-22-25-14-18(15-26-22)16-28-11-9-23(10-12-28)13-20(21(29)27(2)17-23)19-7-5-4-6-8-19/h4-8,14-15,20H,3,9-13,16-17H2,1-2H3,(H,24,25,26)/t20-/m1/s1. The van der Waals surface area contributed by atoms with Crippen LogP contribution >= 0.6 is 0 Å². The average Bonchev–Trinajstić information content (AvgIpc) is 2.75. The van der Waals surface area contributed by atoms with Crippen molar-refractivity contribution in [1.82, 2.24) is 19.8 Å². The Morgan fingerprint density at radius 3 is 2.48 bits per heavy atom. The summed E-state index contributed by atoms with van der Waals surface area (Å²) in [7, 11) is 1.97. The summed E-state index contributed by atoms with van der Waals surface area (Å²) < 4.78 is 0. The van der Waals surface area contributed by atoms with Crippen molar-refractivity contribution in [3.8, 4) is 0 Å². The number of hydrogen-bond donors (Lipinski definition) is 1. The third kappa shape index (κ3) is 4.42. The van der Waals surface area contributed by atoms with Crippen molar-refractivity contribution in [3.63, 3.8) is 0 Å². The Morgan fingerprint density at radius 1 is 1.14 bits per heavy atom. The van der Waals surface area contributed by atoms with Gasteiger partial charge in [-0.2, -0.15) is 0 Å². The summed E-state index contributed by atoms with van der Waals surface area (Å²) in [4.78, 5) is 26.1. The molecular weight excluding hydrogens is 362 g/mol. The number of amides is 1. The molecular formula is C23H31N5O. The first-order valence-electron chi connectivity index (χ1n) is 10.7. The van der Waals surface area contributed by atoms with E-state index in [0.29, 0.717) is 5.95 Å². The molecule has 29 heavy (non-hydrogen) atoms. The number of aromatic nitrogens is 2. The Morgan fingerprint density at radius 2 is 1.83 bits per heavy atom. The largest absolute Gasteiger partial charge is 0.355 e. The topological polar surface area (TPSA) is 61.4 Å². The first-order chi connectivity index (χ1) is 14.1. The second-order valence-corrected chi connectivity index (χ2v) is 8.58. The number of hydrogen-bond acceptors (Lipinski definition) is 5. The molecule has 1 spiro atoms. The molecule has 2 aliphatic heterocycles. The van der Waals surface area contributed by atoms with E-state index in [2.05, 4.69) is 32.3 Å². The van der Waals surface area contributed by atoms with Crippen molar-refractivity contribution in [2.75, 3.05) is 38.5 Å². The van der Waals surface area contributed by atoms with Gasteiger partial charge in [0.25, 0.3) is 0 Å². The van der Waals surface area contributed by atoms with E-state index < -0.39 is 0 Å². The Labute approximate surface area is 173 Å². The zero-order valence-corrected chi connectivity index (χ0v) is 17.5. The van der Waals surface area contributed by atoms with Gasteiger partial charge in [0, 0.05) is 44.6 Å². The molecule has 1 amide bonds. The molecule has 4 rings (SSSR count). The summed E-state index contributed by atoms with van der Waals surface area (Å²) in [5.74, 6) is 0.950. The second kappa shape index (κ2) is 8.49. The van der Waals surface area contributed by atoms with Gasteiger partial charge in [-0.05, 0) is 50.3 Å². The third-order valence-electron chi connectivity index (χ3n) is 6.45. The van der Waals surface area contributed by atoms with Crippen LogP contribution in [0.1, 0.15) is 43.2 Å². The van der Waals surface area contributed by atoms with E-state index in [1.54, 1.807) is 0 Å². The lowest BCUT2D eigenvalue weighted by atomic mass is 9.67. The highest BCUT2D eigenvalue weighted by Gasteiger charge is 2.44. The Kier molecular flexibility index (Phi) is 5.81. The van der Waals surface area contributed by atoms with Crippen LogP contribution in [0.4, 0.5) is 5.95 Å². The van der Waals surface area contributed by atoms with Crippen LogP contribution in [0.15, 0.2) is 42.7 Å². The molecule has 1 atom stereocenters. The molecule has 0 unspecified atom stereocenters. The van der Waals surface area contributed by atoms with Gasteiger partial charge >= 0.3 is 0 Å². The predicted octanol–water partition coefficient (Wildman–Crippen LogP) is 3.14. The van der Waals surface area contributed by atoms with Crippen LogP contribution in [0.3, 0.4) is 0 Å². The van der Waals surface area contributed by atoms with E-state index in [9.17, 15) is 4.79 Å². The number of nitrogens with zero attached hydrogens (tertiary/aromatic N) is 4. The second-order valence-electron chi connectivity index (χ2n) is 8.58. The number of likely N-dealkylation sites (tertiary alicyclic amines) is 2. The summed E-state index contributed by atoms with van der Waals surface area (Å²) in [6, 6.07) is 10.3. The van der Waals surface area contributed by atoms with E-state index in [-0.39, 0.29) is 17.2 Å². The zero-order chi connectivity index (χ0) is 20.3. The molecule has 0 bridgehead atoms. The number of nitrogens with one attached hydrogen (secondary N) is 1. The van der Waals surface area contributed by atoms with Crippen LogP contribution in [0.5, 0.6) is 0 Å². The van der Waals surface area contributed by atoms with Crippen LogP contribution in [0.25, 0.3) is 0 Å². The molecule has 2 fully saturated rings. The van der Waals surface area contributed by atoms with Crippen LogP contribution < -0.4 is 5.32 Å². The first-order valence-corrected chi connectivity index (χ1v) is 10.7. The Balaban J connectivity index is 1.39. The van der Waals surface area contributed by atoms with Crippen LogP contribution in [-0.2, 0) is 11.3 Å². The summed E-state index contributed by atoms with van der Waals surface area (Å²) >= 11 is 0. The van der Waals surface area contributed by atoms with Crippen molar-refractivity contribution in [2.45, 2.75) is 38.6 Å². The molecule has 2 aromatic rings. The summed E-state index contributed by atoms with van der Waals surface area (Å²) in [5, 5.41) is 3.13. The van der Waals surface area contributed by atoms with E-state index in [1.807, 2.05) is 49.5 Å². The van der Waals surface area contributed by atoms with Crippen LogP contribution in [-0.4, -0.2) is 58.9 Å². The SMILES string of the molecule is CCNc1ncc(CN2CCC3(CC2)C[C@H](c2ccccc2)C(=O)N(C)C3)cn1. The lowest BCUT2D eigenvalue weighted by Gasteiger charge is -2.49. The number of rotatable bonds is 5. The minimum atomic E-state index is -0.00601. The highest BCUT2D eigenvalue weighted by molar-refractivity contribution is 5.84. The minimum Gasteiger partial charge on any atom is -0.355 e. The number of likely N-dealkylation sites (N-methyl/N-ethyl adjacent to an activating group) is 1. The van der Waals surface area contributed by atoms with E-state index in [4.69, 9.17) is 0 Å². The fraction of sp³-hybridized carbons (Fsp3) is 0.522. The molecule has 3 heterocycles. The smallest absolute Gasteiger partial charge is 0.229 e. The number of carbonyl (C=O) groups excluding carboxylic acids is 1. The lowest BCUT2D eigenvalue weighted by molar-refractivity contribution is -0.139. The molecule has 6 heteroatoms. The van der Waals surface area contributed by atoms with Gasteiger partial charge in [0.05, 0.1) is 5.92 Å². The van der Waals surface area contributed by atoms with Crippen molar-refractivity contribution in [1.29, 1.82) is 0 Å². The monoisotopic (exact) mass is 393 g/mol. The molecule has 154 valence electrons. The van der Waals surface area contributed by atoms with Crippen molar-refractivity contribution < 1.29 is 4.79 Å². The maximum Gasteiger partial charge on any atom is 0.229 e. The van der Waals surface area contributed by atoms with E-state index in [1.165, 1.54) is 0 Å². The van der Waals surface area contributed by atoms with Crippen molar-refractivity contribution in [3.05, 3.63) is 53.9 Å². The number of anilines is 1. The van der Waals surface area contributed by atoms with E-state index in [0.717, 1.165) is 63.1 Å². The Hall–Kier alpha value is -2.47. The highest BCUT2D eigenvalue weighted by Crippen LogP contribution is 2.45. The quantitative estimate of drug-likeness (QED) is 0.846. The summed E-state index contributed by atoms with van der Waals surface area (Å²) in [5.41, 5.74) is 2.54. The van der Waals surface area contributed by atoms with Gasteiger partial charge in [-0.1, -0.05) is 30.3 Å². The van der Waals surface area contributed by atoms with Gasteiger partial charge in [-0.3, -0.25) is 9.69 Å². The van der Waals surface area contributed by atoms with Gasteiger partial charge in [-0.25, -0.2) is 9.97 Å². The molecule has 1 N–H and O–H groups in total. The summed E-state index contributed by atoms with van der Waals surface area (Å²) in [6.07, 6.45) is 7.07. The first kappa shape index (κ1) is 19.8. The fourth-order valence-corrected chi connectivity index (χ4v) is 4.87. The van der Waals surface area contributed by atoms with Gasteiger partial charge in [-0.15, -0.1) is 0 Å². The van der Waals surface area contributed by atoms with E-state index >= 15 is 0 Å². The fourth-order valence-electron chi connectivity index (χ4n) is 4.87. The van der Waals surface area contributed by atoms with Crippen molar-refractivity contribution in [2.24, 2.45) is 5.41 Å². The molecule has 6 nitrogen and oxygen atoms in total. The number of piperidine rings is 2. The molecule has 1 aromatic heterocycles. The molecule has 2 saturated heterocycles. The minimum absolute atomic E-state index is 0.00601. The lowest BCUT2D eigenvalue weighted by Crippen LogP contribution is -2.52. The zero-order valence-electron chi connectivity index (χ0n) is 17.5. The maximum absolute atomic E-state index is 12.8. The molecule has 0 aliphatic carbocycles. The van der Waals surface area contributed by atoms with Crippen LogP contribution in [0, 0.1) is 5.41 Å². The molecule has 2 aliphatic rings. The normalized spacial score (nSPS) is 22.1. The predicted molar refractivity (Wildman–Crippen MR) is 115 cm³/mol. The summed E-state index contributed by atoms with van der Waals surface area (Å²) in [6.45, 7) is 6.74. The Bertz CT molecular complexity index is 815. The molecule has 0 saturated carbocycles. The average molecular weight is 394 g/mol. The van der Waals surface area contributed by atoms with Crippen molar-refractivity contribution >= 4 is 11.9 Å². The van der Waals surface area contributed by atoms with Gasteiger partial charge in [0.1, 0.15) is 0 Å². The van der Waals surface area contributed by atoms with Crippen LogP contribution in [0.2, 0.25) is 0 Å². The third-order valence-corrected chi connectivity index (χ3v) is 6.45.